The number of nitrogens with one attached hydrogen (secondary N) is 1. The summed E-state index contributed by atoms with van der Waals surface area (Å²) < 4.78 is 18.8. The van der Waals surface area contributed by atoms with Gasteiger partial charge < -0.3 is 10.1 Å². The number of amides is 1. The quantitative estimate of drug-likeness (QED) is 0.469. The second kappa shape index (κ2) is 9.49. The zero-order valence-corrected chi connectivity index (χ0v) is 15.7. The topological polar surface area (TPSA) is 62.1 Å². The lowest BCUT2D eigenvalue weighted by Gasteiger charge is -2.07. The van der Waals surface area contributed by atoms with Crippen LogP contribution in [0.2, 0.25) is 0 Å². The van der Waals surface area contributed by atoms with Crippen LogP contribution in [-0.2, 0) is 17.9 Å². The third-order valence-corrected chi connectivity index (χ3v) is 4.73. The molecule has 0 atom stereocenters. The van der Waals surface area contributed by atoms with E-state index in [2.05, 4.69) is 5.32 Å². The average Bonchev–Trinajstić information content (AvgIpc) is 3.23. The van der Waals surface area contributed by atoms with Crippen LogP contribution in [0.4, 0.5) is 4.39 Å². The molecule has 3 rings (SSSR count). The molecule has 140 valence electrons. The highest BCUT2D eigenvalue weighted by Crippen LogP contribution is 2.17. The zero-order valence-electron chi connectivity index (χ0n) is 14.9. The number of hydrogen-bond acceptors (Lipinski definition) is 4. The Morgan fingerprint density at radius 1 is 1.18 bits per heavy atom. The van der Waals surface area contributed by atoms with Crippen LogP contribution in [0.15, 0.2) is 71.6 Å². The van der Waals surface area contributed by atoms with Crippen molar-refractivity contribution in [1.29, 1.82) is 5.26 Å². The molecule has 28 heavy (non-hydrogen) atoms. The molecular weight excluding hydrogens is 375 g/mol. The number of benzene rings is 2. The van der Waals surface area contributed by atoms with E-state index < -0.39 is 5.91 Å². The number of thiophene rings is 1. The Balaban J connectivity index is 1.59. The molecule has 1 amide bonds. The Kier molecular flexibility index (Phi) is 6.55. The predicted octanol–water partition coefficient (Wildman–Crippen LogP) is 4.69. The Labute approximate surface area is 166 Å². The highest BCUT2D eigenvalue weighted by atomic mass is 32.1. The largest absolute Gasteiger partial charge is 0.489 e. The van der Waals surface area contributed by atoms with Crippen LogP contribution in [-0.4, -0.2) is 5.91 Å². The van der Waals surface area contributed by atoms with Gasteiger partial charge in [-0.25, -0.2) is 4.39 Å². The van der Waals surface area contributed by atoms with Gasteiger partial charge >= 0.3 is 0 Å². The van der Waals surface area contributed by atoms with Gasteiger partial charge in [-0.1, -0.05) is 30.3 Å². The molecule has 0 aliphatic heterocycles. The van der Waals surface area contributed by atoms with Gasteiger partial charge in [-0.3, -0.25) is 4.79 Å². The Morgan fingerprint density at radius 3 is 2.68 bits per heavy atom. The van der Waals surface area contributed by atoms with E-state index in [4.69, 9.17) is 4.74 Å². The van der Waals surface area contributed by atoms with E-state index in [0.29, 0.717) is 17.9 Å². The first-order valence-electron chi connectivity index (χ1n) is 8.54. The van der Waals surface area contributed by atoms with Crippen molar-refractivity contribution in [2.45, 2.75) is 13.2 Å². The van der Waals surface area contributed by atoms with Gasteiger partial charge in [0.05, 0.1) is 6.54 Å². The lowest BCUT2D eigenvalue weighted by molar-refractivity contribution is -0.117. The maximum absolute atomic E-state index is 13.2. The molecule has 0 aliphatic rings. The fourth-order valence-electron chi connectivity index (χ4n) is 2.44. The number of nitrogens with zero attached hydrogens (tertiary/aromatic N) is 1. The number of carbonyl (C=O) groups is 1. The van der Waals surface area contributed by atoms with Crippen molar-refractivity contribution in [3.05, 3.63) is 93.4 Å². The summed E-state index contributed by atoms with van der Waals surface area (Å²) in [4.78, 5) is 13.2. The summed E-state index contributed by atoms with van der Waals surface area (Å²) in [5.41, 5.74) is 1.48. The van der Waals surface area contributed by atoms with E-state index in [-0.39, 0.29) is 18.0 Å². The van der Waals surface area contributed by atoms with Crippen molar-refractivity contribution in [3.8, 4) is 11.8 Å². The number of hydrogen-bond donors (Lipinski definition) is 1. The lowest BCUT2D eigenvalue weighted by Crippen LogP contribution is -2.23. The summed E-state index contributed by atoms with van der Waals surface area (Å²) in [6.07, 6.45) is 1.53. The third kappa shape index (κ3) is 5.53. The van der Waals surface area contributed by atoms with Gasteiger partial charge in [0.2, 0.25) is 0 Å². The fraction of sp³-hybridized carbons (Fsp3) is 0.0909. The number of carbonyl (C=O) groups excluding carboxylic acids is 1. The van der Waals surface area contributed by atoms with Gasteiger partial charge in [-0.2, -0.15) is 5.26 Å². The molecule has 1 heterocycles. The molecule has 3 aromatic rings. The fourth-order valence-corrected chi connectivity index (χ4v) is 3.09. The summed E-state index contributed by atoms with van der Waals surface area (Å²) in [6.45, 7) is 0.643. The molecule has 6 heteroatoms. The van der Waals surface area contributed by atoms with E-state index >= 15 is 0 Å². The number of rotatable bonds is 7. The molecular formula is C22H17FN2O2S. The average molecular weight is 392 g/mol. The van der Waals surface area contributed by atoms with Crippen molar-refractivity contribution in [2.24, 2.45) is 0 Å². The summed E-state index contributed by atoms with van der Waals surface area (Å²) >= 11 is 1.54. The molecule has 1 aromatic heterocycles. The highest BCUT2D eigenvalue weighted by molar-refractivity contribution is 7.09. The molecule has 0 bridgehead atoms. The molecule has 0 saturated heterocycles. The Morgan fingerprint density at radius 2 is 2.00 bits per heavy atom. The van der Waals surface area contributed by atoms with E-state index in [1.165, 1.54) is 18.2 Å². The molecule has 0 fully saturated rings. The van der Waals surface area contributed by atoms with Gasteiger partial charge in [0.1, 0.15) is 29.8 Å². The van der Waals surface area contributed by atoms with Crippen molar-refractivity contribution in [3.63, 3.8) is 0 Å². The summed E-state index contributed by atoms with van der Waals surface area (Å²) in [5, 5.41) is 13.9. The molecule has 0 unspecified atom stereocenters. The van der Waals surface area contributed by atoms with Crippen molar-refractivity contribution < 1.29 is 13.9 Å². The van der Waals surface area contributed by atoms with Crippen LogP contribution in [0.5, 0.6) is 5.75 Å². The SMILES string of the molecule is N#CC(=Cc1ccc(OCc2cccc(F)c2)cc1)C(=O)NCc1cccs1. The monoisotopic (exact) mass is 392 g/mol. The lowest BCUT2D eigenvalue weighted by atomic mass is 10.1. The first kappa shape index (κ1) is 19.3. The summed E-state index contributed by atoms with van der Waals surface area (Å²) in [6, 6.07) is 19.0. The van der Waals surface area contributed by atoms with E-state index in [0.717, 1.165) is 10.4 Å². The molecule has 2 aromatic carbocycles. The van der Waals surface area contributed by atoms with Crippen LogP contribution < -0.4 is 10.1 Å². The predicted molar refractivity (Wildman–Crippen MR) is 107 cm³/mol. The number of ether oxygens (including phenoxy) is 1. The van der Waals surface area contributed by atoms with E-state index in [1.807, 2.05) is 23.6 Å². The second-order valence-electron chi connectivity index (χ2n) is 5.92. The van der Waals surface area contributed by atoms with Crippen LogP contribution in [0.1, 0.15) is 16.0 Å². The van der Waals surface area contributed by atoms with Gasteiger partial charge in [0, 0.05) is 4.88 Å². The van der Waals surface area contributed by atoms with Gasteiger partial charge in [0.25, 0.3) is 5.91 Å². The van der Waals surface area contributed by atoms with Crippen LogP contribution in [0.25, 0.3) is 6.08 Å². The smallest absolute Gasteiger partial charge is 0.262 e. The third-order valence-electron chi connectivity index (χ3n) is 3.85. The molecule has 0 aliphatic carbocycles. The van der Waals surface area contributed by atoms with Crippen molar-refractivity contribution in [1.82, 2.24) is 5.32 Å². The van der Waals surface area contributed by atoms with E-state index in [9.17, 15) is 14.4 Å². The number of nitriles is 1. The maximum atomic E-state index is 13.2. The Hall–Kier alpha value is -3.43. The first-order chi connectivity index (χ1) is 13.6. The Bertz CT molecular complexity index is 1010. The van der Waals surface area contributed by atoms with Crippen LogP contribution >= 0.6 is 11.3 Å². The normalized spacial score (nSPS) is 10.9. The molecule has 1 N–H and O–H groups in total. The summed E-state index contributed by atoms with van der Waals surface area (Å²) in [7, 11) is 0. The summed E-state index contributed by atoms with van der Waals surface area (Å²) in [5.74, 6) is -0.104. The first-order valence-corrected chi connectivity index (χ1v) is 9.42. The standard InChI is InChI=1S/C22H17FN2O2S/c23-19-4-1-3-17(12-19)15-27-20-8-6-16(7-9-20)11-18(13-24)22(26)25-14-21-5-2-10-28-21/h1-12H,14-15H2,(H,25,26). The van der Waals surface area contributed by atoms with Gasteiger partial charge in [-0.05, 0) is 52.9 Å². The molecule has 4 nitrogen and oxygen atoms in total. The van der Waals surface area contributed by atoms with Crippen LogP contribution in [0, 0.1) is 17.1 Å². The molecule has 0 saturated carbocycles. The van der Waals surface area contributed by atoms with E-state index in [1.54, 1.807) is 47.7 Å². The van der Waals surface area contributed by atoms with Crippen molar-refractivity contribution >= 4 is 23.3 Å². The van der Waals surface area contributed by atoms with Crippen molar-refractivity contribution in [2.75, 3.05) is 0 Å². The second-order valence-corrected chi connectivity index (χ2v) is 6.95. The van der Waals surface area contributed by atoms with Gasteiger partial charge in [0.15, 0.2) is 0 Å². The minimum atomic E-state index is -0.415. The number of halogens is 1. The van der Waals surface area contributed by atoms with Gasteiger partial charge in [-0.15, -0.1) is 11.3 Å². The minimum Gasteiger partial charge on any atom is -0.489 e. The minimum absolute atomic E-state index is 0.0324. The zero-order chi connectivity index (χ0) is 19.8. The van der Waals surface area contributed by atoms with Crippen LogP contribution in [0.3, 0.4) is 0 Å². The maximum Gasteiger partial charge on any atom is 0.262 e. The molecule has 0 radical (unpaired) electrons. The highest BCUT2D eigenvalue weighted by Gasteiger charge is 2.09. The molecule has 0 spiro atoms.